The molecule has 0 unspecified atom stereocenters. The van der Waals surface area contributed by atoms with E-state index in [-0.39, 0.29) is 10.7 Å². The van der Waals surface area contributed by atoms with Gasteiger partial charge in [0.25, 0.3) is 11.8 Å². The minimum absolute atomic E-state index is 0.0568. The molecular formula is C30H25N3O2S. The Hall–Kier alpha value is -4.29. The number of carbonyl (C=O) groups excluding carboxylic acids is 2. The molecule has 178 valence electrons. The molecule has 1 aliphatic rings. The number of benzene rings is 3. The molecule has 0 atom stereocenters. The molecule has 4 aromatic rings. The van der Waals surface area contributed by atoms with E-state index in [1.54, 1.807) is 6.08 Å². The number of aromatic nitrogens is 1. The number of nitrogens with zero attached hydrogens (tertiary/aromatic N) is 3. The van der Waals surface area contributed by atoms with Crippen molar-refractivity contribution < 1.29 is 9.59 Å². The molecule has 5 nitrogen and oxygen atoms in total. The monoisotopic (exact) mass is 491 g/mol. The summed E-state index contributed by atoms with van der Waals surface area (Å²) in [7, 11) is 0. The number of thiocarbonyl (C=S) groups is 1. The summed E-state index contributed by atoms with van der Waals surface area (Å²) >= 11 is 5.69. The summed E-state index contributed by atoms with van der Waals surface area (Å²) in [4.78, 5) is 30.4. The number of para-hydroxylation sites is 3. The predicted octanol–water partition coefficient (Wildman–Crippen LogP) is 6.15. The normalized spacial score (nSPS) is 14.0. The van der Waals surface area contributed by atoms with Crippen molar-refractivity contribution in [2.24, 2.45) is 0 Å². The van der Waals surface area contributed by atoms with Gasteiger partial charge in [-0.1, -0.05) is 54.6 Å². The third-order valence-corrected chi connectivity index (χ3v) is 6.77. The van der Waals surface area contributed by atoms with Gasteiger partial charge >= 0.3 is 0 Å². The molecule has 0 radical (unpaired) electrons. The highest BCUT2D eigenvalue weighted by Gasteiger charge is 2.41. The molecule has 0 bridgehead atoms. The van der Waals surface area contributed by atoms with Gasteiger partial charge in [0.05, 0.1) is 11.4 Å². The first-order valence-corrected chi connectivity index (χ1v) is 12.1. The van der Waals surface area contributed by atoms with Crippen LogP contribution in [0.25, 0.3) is 11.8 Å². The first-order valence-electron chi connectivity index (χ1n) is 11.7. The van der Waals surface area contributed by atoms with Crippen LogP contribution in [0.3, 0.4) is 0 Å². The molecular weight excluding hydrogens is 466 g/mol. The van der Waals surface area contributed by atoms with E-state index in [4.69, 9.17) is 12.2 Å². The second-order valence-corrected chi connectivity index (χ2v) is 9.11. The predicted molar refractivity (Wildman–Crippen MR) is 148 cm³/mol. The van der Waals surface area contributed by atoms with Crippen LogP contribution in [0.15, 0.2) is 96.6 Å². The Bertz CT molecular complexity index is 1460. The van der Waals surface area contributed by atoms with Crippen molar-refractivity contribution in [3.8, 4) is 5.69 Å². The quantitative estimate of drug-likeness (QED) is 0.195. The Labute approximate surface area is 215 Å². The van der Waals surface area contributed by atoms with Gasteiger partial charge in [-0.3, -0.25) is 19.4 Å². The van der Waals surface area contributed by atoms with Gasteiger partial charge in [0.15, 0.2) is 5.11 Å². The third kappa shape index (κ3) is 3.95. The van der Waals surface area contributed by atoms with Gasteiger partial charge in [-0.2, -0.15) is 0 Å². The molecule has 0 spiro atoms. The zero-order chi connectivity index (χ0) is 25.4. The number of carbonyl (C=O) groups is 2. The van der Waals surface area contributed by atoms with Crippen molar-refractivity contribution in [3.05, 3.63) is 119 Å². The van der Waals surface area contributed by atoms with Crippen LogP contribution in [0.5, 0.6) is 0 Å². The molecule has 1 aromatic heterocycles. The average molecular weight is 492 g/mol. The smallest absolute Gasteiger partial charge is 0.270 e. The lowest BCUT2D eigenvalue weighted by Gasteiger charge is -2.36. The second kappa shape index (κ2) is 9.40. The lowest BCUT2D eigenvalue weighted by Crippen LogP contribution is -2.56. The molecule has 1 fully saturated rings. The standard InChI is InChI=1S/C30H25N3O2S/c1-20-12-10-11-17-27(20)31-21(2)18-23(22(31)3)19-26-28(34)32(24-13-6-4-7-14-24)30(36)33(29(26)35)25-15-8-5-9-16-25/h4-19H,1-3H3. The number of aryl methyl sites for hydroxylation is 2. The van der Waals surface area contributed by atoms with Gasteiger partial charge < -0.3 is 4.57 Å². The van der Waals surface area contributed by atoms with E-state index in [1.807, 2.05) is 92.7 Å². The second-order valence-electron chi connectivity index (χ2n) is 8.74. The molecule has 0 N–H and O–H groups in total. The van der Waals surface area contributed by atoms with E-state index >= 15 is 0 Å². The number of amides is 2. The maximum atomic E-state index is 13.8. The summed E-state index contributed by atoms with van der Waals surface area (Å²) in [6.45, 7) is 6.09. The van der Waals surface area contributed by atoms with E-state index < -0.39 is 11.8 Å². The van der Waals surface area contributed by atoms with Crippen molar-refractivity contribution in [2.45, 2.75) is 20.8 Å². The Morgan fingerprint density at radius 2 is 1.19 bits per heavy atom. The highest BCUT2D eigenvalue weighted by molar-refractivity contribution is 7.81. The number of hydrogen-bond donors (Lipinski definition) is 0. The minimum Gasteiger partial charge on any atom is -0.318 e. The first-order chi connectivity index (χ1) is 17.4. The lowest BCUT2D eigenvalue weighted by atomic mass is 10.0. The van der Waals surface area contributed by atoms with Crippen molar-refractivity contribution >= 4 is 46.6 Å². The van der Waals surface area contributed by atoms with E-state index in [9.17, 15) is 9.59 Å². The van der Waals surface area contributed by atoms with Gasteiger partial charge in [0, 0.05) is 17.1 Å². The minimum atomic E-state index is -0.441. The maximum Gasteiger partial charge on any atom is 0.270 e. The van der Waals surface area contributed by atoms with E-state index in [1.165, 1.54) is 9.80 Å². The van der Waals surface area contributed by atoms with Crippen LogP contribution in [-0.2, 0) is 9.59 Å². The van der Waals surface area contributed by atoms with Crippen molar-refractivity contribution in [1.29, 1.82) is 0 Å². The molecule has 0 saturated carbocycles. The van der Waals surface area contributed by atoms with Crippen molar-refractivity contribution in [2.75, 3.05) is 9.80 Å². The molecule has 1 aliphatic heterocycles. The van der Waals surface area contributed by atoms with Crippen LogP contribution in [0, 0.1) is 20.8 Å². The van der Waals surface area contributed by atoms with Crippen LogP contribution in [0.2, 0.25) is 0 Å². The van der Waals surface area contributed by atoms with Gasteiger partial charge in [0.1, 0.15) is 5.57 Å². The molecule has 2 heterocycles. The van der Waals surface area contributed by atoms with E-state index in [2.05, 4.69) is 23.6 Å². The summed E-state index contributed by atoms with van der Waals surface area (Å²) < 4.78 is 2.15. The summed E-state index contributed by atoms with van der Waals surface area (Å²) in [6.07, 6.45) is 1.69. The molecule has 0 aliphatic carbocycles. The van der Waals surface area contributed by atoms with Crippen LogP contribution in [0.4, 0.5) is 11.4 Å². The summed E-state index contributed by atoms with van der Waals surface area (Å²) in [5.41, 5.74) is 6.24. The molecule has 3 aromatic carbocycles. The van der Waals surface area contributed by atoms with Gasteiger partial charge in [-0.25, -0.2) is 0 Å². The summed E-state index contributed by atoms with van der Waals surface area (Å²) in [6, 6.07) is 28.5. The van der Waals surface area contributed by atoms with E-state index in [0.717, 1.165) is 28.2 Å². The summed E-state index contributed by atoms with van der Waals surface area (Å²) in [5, 5.41) is 0.130. The topological polar surface area (TPSA) is 45.6 Å². The van der Waals surface area contributed by atoms with Crippen LogP contribution in [-0.4, -0.2) is 21.5 Å². The molecule has 36 heavy (non-hydrogen) atoms. The molecule has 2 amide bonds. The Kier molecular flexibility index (Phi) is 6.12. The zero-order valence-corrected chi connectivity index (χ0v) is 21.1. The van der Waals surface area contributed by atoms with Crippen LogP contribution >= 0.6 is 12.2 Å². The molecule has 5 rings (SSSR count). The molecule has 1 saturated heterocycles. The first kappa shape index (κ1) is 23.5. The largest absolute Gasteiger partial charge is 0.318 e. The van der Waals surface area contributed by atoms with Crippen molar-refractivity contribution in [1.82, 2.24) is 4.57 Å². The lowest BCUT2D eigenvalue weighted by molar-refractivity contribution is -0.120. The highest BCUT2D eigenvalue weighted by atomic mass is 32.1. The van der Waals surface area contributed by atoms with Crippen LogP contribution in [0.1, 0.15) is 22.5 Å². The Balaban J connectivity index is 1.67. The third-order valence-electron chi connectivity index (χ3n) is 6.40. The fourth-order valence-corrected chi connectivity index (χ4v) is 4.99. The van der Waals surface area contributed by atoms with Gasteiger partial charge in [-0.05, 0) is 86.6 Å². The summed E-state index contributed by atoms with van der Waals surface area (Å²) in [5.74, 6) is -0.881. The number of hydrogen-bond acceptors (Lipinski definition) is 3. The zero-order valence-electron chi connectivity index (χ0n) is 20.3. The average Bonchev–Trinajstić information content (AvgIpc) is 3.16. The highest BCUT2D eigenvalue weighted by Crippen LogP contribution is 2.31. The molecule has 6 heteroatoms. The Morgan fingerprint density at radius 3 is 1.72 bits per heavy atom. The van der Waals surface area contributed by atoms with E-state index in [0.29, 0.717) is 11.4 Å². The van der Waals surface area contributed by atoms with Gasteiger partial charge in [0.2, 0.25) is 0 Å². The number of rotatable bonds is 4. The Morgan fingerprint density at radius 1 is 0.694 bits per heavy atom. The van der Waals surface area contributed by atoms with Crippen LogP contribution < -0.4 is 9.80 Å². The fraction of sp³-hybridized carbons (Fsp3) is 0.100. The fourth-order valence-electron chi connectivity index (χ4n) is 4.61. The number of anilines is 2. The van der Waals surface area contributed by atoms with Crippen molar-refractivity contribution in [3.63, 3.8) is 0 Å². The maximum absolute atomic E-state index is 13.8. The SMILES string of the molecule is Cc1ccccc1-n1c(C)cc(C=C2C(=O)N(c3ccccc3)C(=S)N(c3ccccc3)C2=O)c1C. The van der Waals surface area contributed by atoms with Gasteiger partial charge in [-0.15, -0.1) is 0 Å².